The van der Waals surface area contributed by atoms with Crippen molar-refractivity contribution in [2.45, 2.75) is 18.9 Å². The van der Waals surface area contributed by atoms with Crippen LogP contribution in [-0.2, 0) is 22.4 Å². The standard InChI is InChI=1S/C21H20N2O2/c1-3-7-17(8-4-1)13-21(24-16-25-21)23-15-20-12-11-19(14-22-20)18-9-5-2-6-10-18/h1-12,14,23H,13,15-16H2. The first-order chi connectivity index (χ1) is 12.3. The Kier molecular flexibility index (Phi) is 4.57. The van der Waals surface area contributed by atoms with E-state index in [0.29, 0.717) is 19.8 Å². The second kappa shape index (κ2) is 7.15. The van der Waals surface area contributed by atoms with Crippen molar-refractivity contribution in [1.29, 1.82) is 0 Å². The molecule has 25 heavy (non-hydrogen) atoms. The van der Waals surface area contributed by atoms with Gasteiger partial charge in [0.1, 0.15) is 0 Å². The lowest BCUT2D eigenvalue weighted by Gasteiger charge is -2.42. The van der Waals surface area contributed by atoms with Crippen LogP contribution >= 0.6 is 0 Å². The molecule has 4 heteroatoms. The maximum Gasteiger partial charge on any atom is 0.236 e. The molecule has 4 rings (SSSR count). The van der Waals surface area contributed by atoms with Crippen LogP contribution in [0, 0.1) is 0 Å². The summed E-state index contributed by atoms with van der Waals surface area (Å²) in [5, 5.41) is 3.35. The van der Waals surface area contributed by atoms with Gasteiger partial charge in [0.25, 0.3) is 0 Å². The van der Waals surface area contributed by atoms with E-state index in [-0.39, 0.29) is 0 Å². The van der Waals surface area contributed by atoms with Gasteiger partial charge in [-0.3, -0.25) is 10.3 Å². The third-order valence-corrected chi connectivity index (χ3v) is 4.33. The first kappa shape index (κ1) is 16.0. The summed E-state index contributed by atoms with van der Waals surface area (Å²) >= 11 is 0. The number of hydrogen-bond acceptors (Lipinski definition) is 4. The van der Waals surface area contributed by atoms with Gasteiger partial charge in [-0.2, -0.15) is 0 Å². The molecule has 1 aliphatic rings. The minimum atomic E-state index is -0.749. The lowest BCUT2D eigenvalue weighted by Crippen LogP contribution is -2.59. The number of nitrogens with one attached hydrogen (secondary N) is 1. The Morgan fingerprint density at radius 2 is 1.56 bits per heavy atom. The summed E-state index contributed by atoms with van der Waals surface area (Å²) in [7, 11) is 0. The monoisotopic (exact) mass is 332 g/mol. The Morgan fingerprint density at radius 3 is 2.16 bits per heavy atom. The average Bonchev–Trinajstić information content (AvgIpc) is 2.66. The Bertz CT molecular complexity index is 800. The van der Waals surface area contributed by atoms with Crippen LogP contribution in [-0.4, -0.2) is 17.7 Å². The van der Waals surface area contributed by atoms with Gasteiger partial charge in [-0.05, 0) is 17.2 Å². The van der Waals surface area contributed by atoms with Crippen LogP contribution in [0.2, 0.25) is 0 Å². The van der Waals surface area contributed by atoms with Crippen molar-refractivity contribution in [3.05, 3.63) is 90.3 Å². The Labute approximate surface area is 147 Å². The average molecular weight is 332 g/mol. The van der Waals surface area contributed by atoms with Crippen LogP contribution < -0.4 is 5.32 Å². The van der Waals surface area contributed by atoms with E-state index in [0.717, 1.165) is 11.3 Å². The summed E-state index contributed by atoms with van der Waals surface area (Å²) in [4.78, 5) is 4.55. The lowest BCUT2D eigenvalue weighted by molar-refractivity contribution is -0.412. The van der Waals surface area contributed by atoms with E-state index < -0.39 is 5.91 Å². The van der Waals surface area contributed by atoms with E-state index in [1.54, 1.807) is 0 Å². The number of rotatable bonds is 6. The van der Waals surface area contributed by atoms with Gasteiger partial charge in [0.2, 0.25) is 5.91 Å². The van der Waals surface area contributed by atoms with Gasteiger partial charge < -0.3 is 9.47 Å². The minimum absolute atomic E-state index is 0.320. The van der Waals surface area contributed by atoms with Gasteiger partial charge in [-0.25, -0.2) is 0 Å². The highest BCUT2D eigenvalue weighted by molar-refractivity contribution is 5.62. The van der Waals surface area contributed by atoms with E-state index in [2.05, 4.69) is 40.6 Å². The van der Waals surface area contributed by atoms with E-state index in [1.165, 1.54) is 11.1 Å². The highest BCUT2D eigenvalue weighted by Gasteiger charge is 2.39. The van der Waals surface area contributed by atoms with Crippen LogP contribution in [0.3, 0.4) is 0 Å². The van der Waals surface area contributed by atoms with Crippen molar-refractivity contribution in [3.63, 3.8) is 0 Å². The van der Waals surface area contributed by atoms with Gasteiger partial charge >= 0.3 is 0 Å². The van der Waals surface area contributed by atoms with Crippen LogP contribution in [0.5, 0.6) is 0 Å². The summed E-state index contributed by atoms with van der Waals surface area (Å²) in [6.07, 6.45) is 2.56. The second-order valence-corrected chi connectivity index (χ2v) is 6.08. The molecule has 1 aliphatic heterocycles. The molecular weight excluding hydrogens is 312 g/mol. The SMILES string of the molecule is c1ccc(CC2(NCc3ccc(-c4ccccc4)cn3)OCO2)cc1. The van der Waals surface area contributed by atoms with Gasteiger partial charge in [-0.1, -0.05) is 66.7 Å². The zero-order chi connectivity index (χ0) is 17.0. The molecule has 0 bridgehead atoms. The highest BCUT2D eigenvalue weighted by atomic mass is 16.9. The van der Waals surface area contributed by atoms with Gasteiger partial charge in [-0.15, -0.1) is 0 Å². The predicted octanol–water partition coefficient (Wildman–Crippen LogP) is 3.74. The first-order valence-corrected chi connectivity index (χ1v) is 8.40. The molecule has 4 nitrogen and oxygen atoms in total. The molecule has 1 N–H and O–H groups in total. The van der Waals surface area contributed by atoms with Crippen LogP contribution in [0.1, 0.15) is 11.3 Å². The fraction of sp³-hybridized carbons (Fsp3) is 0.190. The molecule has 0 aliphatic carbocycles. The van der Waals surface area contributed by atoms with Gasteiger partial charge in [0, 0.05) is 24.7 Å². The summed E-state index contributed by atoms with van der Waals surface area (Å²) in [6, 6.07) is 24.5. The quantitative estimate of drug-likeness (QED) is 0.747. The molecule has 2 heterocycles. The predicted molar refractivity (Wildman–Crippen MR) is 96.4 cm³/mol. The summed E-state index contributed by atoms with van der Waals surface area (Å²) in [5.74, 6) is -0.749. The molecule has 0 amide bonds. The normalized spacial score (nSPS) is 15.5. The van der Waals surface area contributed by atoms with E-state index >= 15 is 0 Å². The molecule has 0 spiro atoms. The van der Waals surface area contributed by atoms with Crippen molar-refractivity contribution in [1.82, 2.24) is 10.3 Å². The number of benzene rings is 2. The minimum Gasteiger partial charge on any atom is -0.310 e. The lowest BCUT2D eigenvalue weighted by atomic mass is 10.1. The molecule has 1 aromatic heterocycles. The summed E-state index contributed by atoms with van der Waals surface area (Å²) in [6.45, 7) is 0.905. The Hall–Kier alpha value is -2.53. The zero-order valence-corrected chi connectivity index (χ0v) is 13.9. The maximum atomic E-state index is 5.68. The second-order valence-electron chi connectivity index (χ2n) is 6.08. The number of hydrogen-bond donors (Lipinski definition) is 1. The van der Waals surface area contributed by atoms with Gasteiger partial charge in [0.15, 0.2) is 6.79 Å². The van der Waals surface area contributed by atoms with Crippen molar-refractivity contribution >= 4 is 0 Å². The van der Waals surface area contributed by atoms with Crippen LogP contribution in [0.15, 0.2) is 79.0 Å². The number of ether oxygens (including phenoxy) is 2. The summed E-state index contributed by atoms with van der Waals surface area (Å²) < 4.78 is 11.4. The van der Waals surface area contributed by atoms with Crippen molar-refractivity contribution < 1.29 is 9.47 Å². The van der Waals surface area contributed by atoms with Crippen molar-refractivity contribution in [3.8, 4) is 11.1 Å². The highest BCUT2D eigenvalue weighted by Crippen LogP contribution is 2.25. The third-order valence-electron chi connectivity index (χ3n) is 4.33. The van der Waals surface area contributed by atoms with Crippen molar-refractivity contribution in [2.75, 3.05) is 6.79 Å². The fourth-order valence-electron chi connectivity index (χ4n) is 2.89. The van der Waals surface area contributed by atoms with Crippen LogP contribution in [0.25, 0.3) is 11.1 Å². The first-order valence-electron chi connectivity index (χ1n) is 8.40. The Balaban J connectivity index is 1.40. The number of pyridine rings is 1. The Morgan fingerprint density at radius 1 is 0.840 bits per heavy atom. The molecule has 0 atom stereocenters. The van der Waals surface area contributed by atoms with E-state index in [1.807, 2.05) is 48.7 Å². The van der Waals surface area contributed by atoms with E-state index in [9.17, 15) is 0 Å². The summed E-state index contributed by atoms with van der Waals surface area (Å²) in [5.41, 5.74) is 4.40. The molecule has 1 saturated heterocycles. The smallest absolute Gasteiger partial charge is 0.236 e. The molecule has 0 saturated carbocycles. The topological polar surface area (TPSA) is 43.4 Å². The number of nitrogens with zero attached hydrogens (tertiary/aromatic N) is 1. The van der Waals surface area contributed by atoms with Gasteiger partial charge in [0.05, 0.1) is 5.69 Å². The fourth-order valence-corrected chi connectivity index (χ4v) is 2.89. The molecule has 1 fully saturated rings. The molecule has 126 valence electrons. The molecule has 0 unspecified atom stereocenters. The molecular formula is C21H20N2O2. The largest absolute Gasteiger partial charge is 0.310 e. The molecule has 3 aromatic rings. The maximum absolute atomic E-state index is 5.68. The van der Waals surface area contributed by atoms with Crippen molar-refractivity contribution in [2.24, 2.45) is 0 Å². The third kappa shape index (κ3) is 3.77. The number of aromatic nitrogens is 1. The molecule has 0 radical (unpaired) electrons. The zero-order valence-electron chi connectivity index (χ0n) is 13.9. The van der Waals surface area contributed by atoms with E-state index in [4.69, 9.17) is 9.47 Å². The molecule has 2 aromatic carbocycles. The van der Waals surface area contributed by atoms with Crippen LogP contribution in [0.4, 0.5) is 0 Å².